The Hall–Kier alpha value is -4.92. The summed E-state index contributed by atoms with van der Waals surface area (Å²) in [6, 6.07) is 19.7. The number of methoxy groups -OCH3 is 2. The molecule has 1 amide bonds. The Morgan fingerprint density at radius 3 is 2.51 bits per heavy atom. The predicted octanol–water partition coefficient (Wildman–Crippen LogP) is 4.81. The molecule has 9 heteroatoms. The van der Waals surface area contributed by atoms with E-state index in [1.54, 1.807) is 66.3 Å². The van der Waals surface area contributed by atoms with Crippen molar-refractivity contribution >= 4 is 5.91 Å². The summed E-state index contributed by atoms with van der Waals surface area (Å²) in [7, 11) is 3.12. The van der Waals surface area contributed by atoms with Crippen molar-refractivity contribution in [1.82, 2.24) is 24.6 Å². The highest BCUT2D eigenvalue weighted by Gasteiger charge is 2.20. The quantitative estimate of drug-likeness (QED) is 0.333. The number of carbonyl (C=O) groups is 1. The molecule has 186 valence electrons. The predicted molar refractivity (Wildman–Crippen MR) is 137 cm³/mol. The first-order valence-corrected chi connectivity index (χ1v) is 11.5. The van der Waals surface area contributed by atoms with E-state index in [2.05, 4.69) is 15.4 Å². The minimum atomic E-state index is -0.413. The third-order valence-electron chi connectivity index (χ3n) is 5.89. The lowest BCUT2D eigenvalue weighted by Crippen LogP contribution is -2.24. The van der Waals surface area contributed by atoms with Gasteiger partial charge in [0.2, 0.25) is 0 Å². The topological polar surface area (TPSA) is 83.2 Å². The first-order chi connectivity index (χ1) is 18.1. The fraction of sp³-hybridized carbons (Fsp3) is 0.107. The van der Waals surface area contributed by atoms with Crippen molar-refractivity contribution in [3.8, 4) is 34.0 Å². The number of rotatable bonds is 8. The summed E-state index contributed by atoms with van der Waals surface area (Å²) in [4.78, 5) is 17.3. The van der Waals surface area contributed by atoms with Crippen molar-refractivity contribution in [2.75, 3.05) is 14.2 Å². The first kappa shape index (κ1) is 23.8. The van der Waals surface area contributed by atoms with Crippen molar-refractivity contribution in [2.45, 2.75) is 6.54 Å². The number of aromatic nitrogens is 4. The Bertz CT molecular complexity index is 1530. The summed E-state index contributed by atoms with van der Waals surface area (Å²) in [6.07, 6.45) is 6.57. The van der Waals surface area contributed by atoms with Gasteiger partial charge in [0.1, 0.15) is 5.82 Å². The Labute approximate surface area is 212 Å². The SMILES string of the molecule is COc1ccc(-c2cn(-c3ccccc3)nc2C(=O)NCc2ccc(-n3ccnc3)c(F)c2)cc1OC. The van der Waals surface area contributed by atoms with Crippen LogP contribution in [0.3, 0.4) is 0 Å². The van der Waals surface area contributed by atoms with Crippen LogP contribution >= 0.6 is 0 Å². The van der Waals surface area contributed by atoms with Crippen molar-refractivity contribution in [2.24, 2.45) is 0 Å². The lowest BCUT2D eigenvalue weighted by Gasteiger charge is -2.10. The van der Waals surface area contributed by atoms with E-state index in [0.717, 1.165) is 11.3 Å². The van der Waals surface area contributed by atoms with Crippen LogP contribution in [-0.4, -0.2) is 39.5 Å². The summed E-state index contributed by atoms with van der Waals surface area (Å²) in [6.45, 7) is 0.129. The zero-order valence-corrected chi connectivity index (χ0v) is 20.3. The smallest absolute Gasteiger partial charge is 0.272 e. The molecule has 0 unspecified atom stereocenters. The van der Waals surface area contributed by atoms with Gasteiger partial charge in [-0.1, -0.05) is 30.3 Å². The fourth-order valence-electron chi connectivity index (χ4n) is 4.01. The average Bonchev–Trinajstić information content (AvgIpc) is 3.63. The Kier molecular flexibility index (Phi) is 6.67. The van der Waals surface area contributed by atoms with E-state index < -0.39 is 11.7 Å². The van der Waals surface area contributed by atoms with Crippen molar-refractivity contribution in [3.05, 3.63) is 109 Å². The maximum absolute atomic E-state index is 14.7. The van der Waals surface area contributed by atoms with E-state index in [-0.39, 0.29) is 12.2 Å². The zero-order chi connectivity index (χ0) is 25.8. The maximum atomic E-state index is 14.7. The number of imidazole rings is 1. The first-order valence-electron chi connectivity index (χ1n) is 11.5. The van der Waals surface area contributed by atoms with Gasteiger partial charge < -0.3 is 19.4 Å². The molecule has 1 N–H and O–H groups in total. The van der Waals surface area contributed by atoms with Crippen LogP contribution in [0.4, 0.5) is 4.39 Å². The molecule has 0 bridgehead atoms. The van der Waals surface area contributed by atoms with Crippen LogP contribution < -0.4 is 14.8 Å². The minimum absolute atomic E-state index is 0.129. The molecular formula is C28H24FN5O3. The van der Waals surface area contributed by atoms with Gasteiger partial charge in [0, 0.05) is 30.7 Å². The third kappa shape index (κ3) is 4.92. The van der Waals surface area contributed by atoms with Crippen LogP contribution in [0.1, 0.15) is 16.1 Å². The summed E-state index contributed by atoms with van der Waals surface area (Å²) in [5.41, 5.74) is 3.38. The number of ether oxygens (including phenoxy) is 2. The van der Waals surface area contributed by atoms with Gasteiger partial charge in [-0.05, 0) is 47.5 Å². The molecule has 0 saturated carbocycles. The van der Waals surface area contributed by atoms with E-state index in [1.165, 1.54) is 12.4 Å². The van der Waals surface area contributed by atoms with Gasteiger partial charge in [-0.3, -0.25) is 4.79 Å². The van der Waals surface area contributed by atoms with Crippen molar-refractivity contribution < 1.29 is 18.7 Å². The molecule has 0 spiro atoms. The van der Waals surface area contributed by atoms with Crippen LogP contribution in [0.15, 0.2) is 91.6 Å². The molecule has 2 heterocycles. The lowest BCUT2D eigenvalue weighted by molar-refractivity contribution is 0.0946. The normalized spacial score (nSPS) is 10.8. The minimum Gasteiger partial charge on any atom is -0.493 e. The number of nitrogens with one attached hydrogen (secondary N) is 1. The highest BCUT2D eigenvalue weighted by molar-refractivity contribution is 5.99. The largest absolute Gasteiger partial charge is 0.493 e. The van der Waals surface area contributed by atoms with Gasteiger partial charge >= 0.3 is 0 Å². The number of hydrogen-bond donors (Lipinski definition) is 1. The van der Waals surface area contributed by atoms with Crippen LogP contribution in [0, 0.1) is 5.82 Å². The van der Waals surface area contributed by atoms with E-state index in [9.17, 15) is 9.18 Å². The molecular weight excluding hydrogens is 473 g/mol. The molecule has 0 aliphatic heterocycles. The molecule has 0 fully saturated rings. The highest BCUT2D eigenvalue weighted by Crippen LogP contribution is 2.34. The summed E-state index contributed by atoms with van der Waals surface area (Å²) in [5.74, 6) is 0.309. The van der Waals surface area contributed by atoms with Gasteiger partial charge in [-0.15, -0.1) is 0 Å². The zero-order valence-electron chi connectivity index (χ0n) is 20.3. The molecule has 0 saturated heterocycles. The summed E-state index contributed by atoms with van der Waals surface area (Å²) >= 11 is 0. The molecule has 0 aliphatic rings. The standard InChI is InChI=1S/C28H24FN5O3/c1-36-25-11-9-20(15-26(25)37-2)22-17-34(21-6-4-3-5-7-21)32-27(22)28(35)31-16-19-8-10-24(23(29)14-19)33-13-12-30-18-33/h3-15,17-18H,16H2,1-2H3,(H,31,35). The molecule has 0 radical (unpaired) electrons. The number of halogens is 1. The second-order valence-corrected chi connectivity index (χ2v) is 8.18. The van der Waals surface area contributed by atoms with E-state index >= 15 is 0 Å². The summed E-state index contributed by atoms with van der Waals surface area (Å²) in [5, 5.41) is 7.45. The fourth-order valence-corrected chi connectivity index (χ4v) is 4.01. The van der Waals surface area contributed by atoms with E-state index in [4.69, 9.17) is 9.47 Å². The van der Waals surface area contributed by atoms with Crippen LogP contribution in [0.2, 0.25) is 0 Å². The second-order valence-electron chi connectivity index (χ2n) is 8.18. The van der Waals surface area contributed by atoms with Gasteiger partial charge in [-0.2, -0.15) is 5.10 Å². The molecule has 0 aliphatic carbocycles. The van der Waals surface area contributed by atoms with Gasteiger partial charge in [-0.25, -0.2) is 14.1 Å². The monoisotopic (exact) mass is 497 g/mol. The maximum Gasteiger partial charge on any atom is 0.272 e. The number of hydrogen-bond acceptors (Lipinski definition) is 5. The molecule has 0 atom stereocenters. The Morgan fingerprint density at radius 2 is 1.81 bits per heavy atom. The highest BCUT2D eigenvalue weighted by atomic mass is 19.1. The molecule has 8 nitrogen and oxygen atoms in total. The number of benzene rings is 3. The third-order valence-corrected chi connectivity index (χ3v) is 5.89. The van der Waals surface area contributed by atoms with Crippen LogP contribution in [-0.2, 0) is 6.54 Å². The molecule has 37 heavy (non-hydrogen) atoms. The van der Waals surface area contributed by atoms with Gasteiger partial charge in [0.25, 0.3) is 5.91 Å². The van der Waals surface area contributed by atoms with Crippen LogP contribution in [0.5, 0.6) is 11.5 Å². The van der Waals surface area contributed by atoms with Crippen LogP contribution in [0.25, 0.3) is 22.5 Å². The summed E-state index contributed by atoms with van der Waals surface area (Å²) < 4.78 is 28.7. The lowest BCUT2D eigenvalue weighted by atomic mass is 10.1. The van der Waals surface area contributed by atoms with Crippen molar-refractivity contribution in [1.29, 1.82) is 0 Å². The molecule has 3 aromatic carbocycles. The van der Waals surface area contributed by atoms with E-state index in [1.807, 2.05) is 36.4 Å². The molecule has 5 rings (SSSR count). The average molecular weight is 498 g/mol. The van der Waals surface area contributed by atoms with Gasteiger partial charge in [0.05, 0.1) is 31.9 Å². The molecule has 2 aromatic heterocycles. The second kappa shape index (κ2) is 10.4. The number of nitrogens with zero attached hydrogens (tertiary/aromatic N) is 4. The van der Waals surface area contributed by atoms with Crippen molar-refractivity contribution in [3.63, 3.8) is 0 Å². The van der Waals surface area contributed by atoms with Gasteiger partial charge in [0.15, 0.2) is 17.2 Å². The Morgan fingerprint density at radius 1 is 1.00 bits per heavy atom. The Balaban J connectivity index is 1.44. The van der Waals surface area contributed by atoms with E-state index in [0.29, 0.717) is 28.3 Å². The number of carbonyl (C=O) groups excluding carboxylic acids is 1. The number of amides is 1. The molecule has 5 aromatic rings. The number of para-hydroxylation sites is 1.